The van der Waals surface area contributed by atoms with Gasteiger partial charge in [0, 0.05) is 5.02 Å². The average Bonchev–Trinajstić information content (AvgIpc) is 2.77. The number of rotatable bonds is 2. The van der Waals surface area contributed by atoms with Gasteiger partial charge in [0.2, 0.25) is 5.91 Å². The van der Waals surface area contributed by atoms with Gasteiger partial charge in [0.25, 0.3) is 0 Å². The highest BCUT2D eigenvalue weighted by Gasteiger charge is 2.49. The van der Waals surface area contributed by atoms with Gasteiger partial charge in [-0.25, -0.2) is 0 Å². The Bertz CT molecular complexity index is 380. The first kappa shape index (κ1) is 9.49. The lowest BCUT2D eigenvalue weighted by Crippen LogP contribution is -2.20. The largest absolute Gasteiger partial charge is 0.368 e. The Hall–Kier alpha value is -1.06. The minimum absolute atomic E-state index is 0.103. The van der Waals surface area contributed by atoms with Crippen LogP contribution in [0.1, 0.15) is 11.6 Å². The molecule has 1 aliphatic heterocycles. The molecule has 3 atom stereocenters. The van der Waals surface area contributed by atoms with Crippen molar-refractivity contribution in [2.75, 3.05) is 7.05 Å². The molecule has 0 saturated carbocycles. The van der Waals surface area contributed by atoms with Crippen LogP contribution in [0.15, 0.2) is 24.3 Å². The Morgan fingerprint density at radius 1 is 1.57 bits per heavy atom. The third-order valence-electron chi connectivity index (χ3n) is 2.57. The zero-order chi connectivity index (χ0) is 10.3. The second-order valence-corrected chi connectivity index (χ2v) is 3.95. The maximum Gasteiger partial charge on any atom is 0.236 e. The third-order valence-corrected chi connectivity index (χ3v) is 2.80. The second-order valence-electron chi connectivity index (χ2n) is 3.51. The summed E-state index contributed by atoms with van der Waals surface area (Å²) in [5, 5.41) is 0.686. The fraction of sp³-hybridized carbons (Fsp3) is 0.300. The van der Waals surface area contributed by atoms with E-state index in [1.165, 1.54) is 0 Å². The van der Waals surface area contributed by atoms with Gasteiger partial charge in [-0.1, -0.05) is 23.7 Å². The normalized spacial score (nSPS) is 30.0. The molecule has 2 rings (SSSR count). The lowest BCUT2D eigenvalue weighted by atomic mass is 10.1. The molecule has 1 fully saturated rings. The highest BCUT2D eigenvalue weighted by Crippen LogP contribution is 2.41. The smallest absolute Gasteiger partial charge is 0.236 e. The molecule has 1 aliphatic rings. The zero-order valence-corrected chi connectivity index (χ0v) is 8.53. The fourth-order valence-electron chi connectivity index (χ4n) is 1.80. The number of carbonyl (C=O) groups excluding carboxylic acids is 1. The van der Waals surface area contributed by atoms with E-state index in [2.05, 4.69) is 0 Å². The molecule has 0 aliphatic carbocycles. The average molecular weight is 211 g/mol. The van der Waals surface area contributed by atoms with Gasteiger partial charge in [-0.3, -0.25) is 9.69 Å². The summed E-state index contributed by atoms with van der Waals surface area (Å²) < 4.78 is 0. The van der Waals surface area contributed by atoms with Crippen LogP contribution in [0.2, 0.25) is 5.02 Å². The number of carbonyl (C=O) groups is 1. The van der Waals surface area contributed by atoms with Crippen molar-refractivity contribution in [3.05, 3.63) is 34.9 Å². The number of hydrogen-bond donors (Lipinski definition) is 1. The van der Waals surface area contributed by atoms with Crippen LogP contribution in [-0.2, 0) is 4.79 Å². The summed E-state index contributed by atoms with van der Waals surface area (Å²) in [5.41, 5.74) is 6.29. The summed E-state index contributed by atoms with van der Waals surface area (Å²) in [5.74, 6) is -0.280. The van der Waals surface area contributed by atoms with E-state index in [1.807, 2.05) is 36.2 Å². The van der Waals surface area contributed by atoms with Crippen LogP contribution in [0.5, 0.6) is 0 Å². The van der Waals surface area contributed by atoms with E-state index in [1.54, 1.807) is 0 Å². The SMILES string of the molecule is CN1[C@@H](C(N)=O)[C@@H]1c1cccc(Cl)c1. The Labute approximate surface area is 87.4 Å². The van der Waals surface area contributed by atoms with Crippen molar-refractivity contribution in [1.82, 2.24) is 4.90 Å². The Morgan fingerprint density at radius 3 is 2.79 bits per heavy atom. The molecule has 0 bridgehead atoms. The second kappa shape index (κ2) is 3.26. The van der Waals surface area contributed by atoms with Gasteiger partial charge >= 0.3 is 0 Å². The summed E-state index contributed by atoms with van der Waals surface area (Å²) in [6, 6.07) is 7.44. The highest BCUT2D eigenvalue weighted by atomic mass is 35.5. The van der Waals surface area contributed by atoms with E-state index in [9.17, 15) is 4.79 Å². The number of halogens is 1. The monoisotopic (exact) mass is 210 g/mol. The van der Waals surface area contributed by atoms with Crippen LogP contribution in [0.25, 0.3) is 0 Å². The molecule has 2 N–H and O–H groups in total. The molecular weight excluding hydrogens is 200 g/mol. The number of nitrogens with two attached hydrogens (primary N) is 1. The lowest BCUT2D eigenvalue weighted by Gasteiger charge is -1.97. The Morgan fingerprint density at radius 2 is 2.29 bits per heavy atom. The van der Waals surface area contributed by atoms with Crippen molar-refractivity contribution in [1.29, 1.82) is 0 Å². The van der Waals surface area contributed by atoms with Crippen molar-refractivity contribution in [2.24, 2.45) is 5.73 Å². The van der Waals surface area contributed by atoms with Gasteiger partial charge in [-0.05, 0) is 24.7 Å². The molecule has 74 valence electrons. The standard InChI is InChI=1S/C10H11ClN2O/c1-13-8(9(13)10(12)14)6-3-2-4-7(11)5-6/h2-5,8-9H,1H3,(H2,12,14)/t8-,9+,13?/m0/s1. The van der Waals surface area contributed by atoms with Gasteiger partial charge in [0.1, 0.15) is 6.04 Å². The molecule has 0 aromatic heterocycles. The summed E-state index contributed by atoms with van der Waals surface area (Å²) in [6.45, 7) is 0. The molecular formula is C10H11ClN2O. The van der Waals surface area contributed by atoms with Crippen LogP contribution in [0, 0.1) is 0 Å². The van der Waals surface area contributed by atoms with Gasteiger partial charge in [-0.2, -0.15) is 0 Å². The van der Waals surface area contributed by atoms with E-state index >= 15 is 0 Å². The Kier molecular flexibility index (Phi) is 2.21. The van der Waals surface area contributed by atoms with Crippen LogP contribution in [-0.4, -0.2) is 23.9 Å². The van der Waals surface area contributed by atoms with Crippen LogP contribution >= 0.6 is 11.6 Å². The molecule has 4 heteroatoms. The van der Waals surface area contributed by atoms with Gasteiger partial charge in [0.05, 0.1) is 6.04 Å². The molecule has 0 spiro atoms. The molecule has 1 aromatic rings. The van der Waals surface area contributed by atoms with E-state index in [-0.39, 0.29) is 18.0 Å². The zero-order valence-electron chi connectivity index (χ0n) is 7.77. The molecule has 1 aromatic carbocycles. The predicted molar refractivity (Wildman–Crippen MR) is 54.9 cm³/mol. The Balaban J connectivity index is 2.22. The van der Waals surface area contributed by atoms with Crippen LogP contribution in [0.4, 0.5) is 0 Å². The first-order valence-corrected chi connectivity index (χ1v) is 4.76. The van der Waals surface area contributed by atoms with Crippen molar-refractivity contribution in [3.63, 3.8) is 0 Å². The predicted octanol–water partition coefficient (Wildman–Crippen LogP) is 1.18. The van der Waals surface area contributed by atoms with E-state index < -0.39 is 0 Å². The molecule has 1 saturated heterocycles. The van der Waals surface area contributed by atoms with Crippen LogP contribution < -0.4 is 5.73 Å². The molecule has 1 heterocycles. The number of amides is 1. The lowest BCUT2D eigenvalue weighted by molar-refractivity contribution is -0.118. The minimum Gasteiger partial charge on any atom is -0.368 e. The van der Waals surface area contributed by atoms with Crippen molar-refractivity contribution in [2.45, 2.75) is 12.1 Å². The first-order valence-electron chi connectivity index (χ1n) is 4.38. The summed E-state index contributed by atoms with van der Waals surface area (Å²) >= 11 is 5.86. The molecule has 1 unspecified atom stereocenters. The molecule has 0 radical (unpaired) electrons. The maximum absolute atomic E-state index is 11.0. The van der Waals surface area contributed by atoms with E-state index in [0.717, 1.165) is 5.56 Å². The van der Waals surface area contributed by atoms with Crippen molar-refractivity contribution in [3.8, 4) is 0 Å². The van der Waals surface area contributed by atoms with Crippen molar-refractivity contribution >= 4 is 17.5 Å². The summed E-state index contributed by atoms with van der Waals surface area (Å²) in [6.07, 6.45) is 0. The highest BCUT2D eigenvalue weighted by molar-refractivity contribution is 6.30. The number of likely N-dealkylation sites (N-methyl/N-ethyl adjacent to an activating group) is 1. The summed E-state index contributed by atoms with van der Waals surface area (Å²) in [7, 11) is 1.88. The first-order chi connectivity index (χ1) is 6.61. The maximum atomic E-state index is 11.0. The quantitative estimate of drug-likeness (QED) is 0.746. The third kappa shape index (κ3) is 1.49. The number of nitrogens with zero attached hydrogens (tertiary/aromatic N) is 1. The van der Waals surface area contributed by atoms with E-state index in [4.69, 9.17) is 17.3 Å². The summed E-state index contributed by atoms with van der Waals surface area (Å²) in [4.78, 5) is 12.9. The minimum atomic E-state index is -0.280. The van der Waals surface area contributed by atoms with Crippen molar-refractivity contribution < 1.29 is 4.79 Å². The molecule has 14 heavy (non-hydrogen) atoms. The molecule has 3 nitrogen and oxygen atoms in total. The topological polar surface area (TPSA) is 46.1 Å². The number of hydrogen-bond acceptors (Lipinski definition) is 2. The molecule has 1 amide bonds. The van der Waals surface area contributed by atoms with Crippen LogP contribution in [0.3, 0.4) is 0 Å². The van der Waals surface area contributed by atoms with E-state index in [0.29, 0.717) is 5.02 Å². The van der Waals surface area contributed by atoms with Gasteiger partial charge in [0.15, 0.2) is 0 Å². The number of benzene rings is 1. The fourth-order valence-corrected chi connectivity index (χ4v) is 2.00. The number of primary amides is 1. The van der Waals surface area contributed by atoms with Gasteiger partial charge in [-0.15, -0.1) is 0 Å². The van der Waals surface area contributed by atoms with Gasteiger partial charge < -0.3 is 5.73 Å².